The van der Waals surface area contributed by atoms with Crippen molar-refractivity contribution in [2.45, 2.75) is 33.0 Å². The molecule has 29 heavy (non-hydrogen) atoms. The van der Waals surface area contributed by atoms with Crippen molar-refractivity contribution in [3.63, 3.8) is 0 Å². The fourth-order valence-corrected chi connectivity index (χ4v) is 3.52. The van der Waals surface area contributed by atoms with E-state index in [9.17, 15) is 5.11 Å². The lowest BCUT2D eigenvalue weighted by atomic mass is 9.99. The normalized spacial score (nSPS) is 13.4. The van der Waals surface area contributed by atoms with Crippen LogP contribution in [0.1, 0.15) is 29.2 Å². The van der Waals surface area contributed by atoms with E-state index in [1.807, 2.05) is 24.3 Å². The molecule has 3 rings (SSSR count). The smallest absolute Gasteiger partial charge is 0.194 e. The fraction of sp³-hybridized carbons (Fsp3) is 0.409. The van der Waals surface area contributed by atoms with E-state index in [1.54, 1.807) is 14.2 Å². The van der Waals surface area contributed by atoms with Crippen LogP contribution in [0.3, 0.4) is 0 Å². The van der Waals surface area contributed by atoms with Crippen molar-refractivity contribution in [3.8, 4) is 11.5 Å². The molecule has 2 aromatic rings. The van der Waals surface area contributed by atoms with Crippen LogP contribution in [-0.4, -0.2) is 43.3 Å². The number of halogens is 1. The molecule has 6 nitrogen and oxygen atoms in total. The number of fused-ring (bicyclic) bond motifs is 1. The first-order chi connectivity index (χ1) is 13.7. The SMILES string of the molecule is CCNC(=NCc1ccccc1CO)N1CCc2cc(OC)c(OC)cc2C1.I. The van der Waals surface area contributed by atoms with E-state index >= 15 is 0 Å². The van der Waals surface area contributed by atoms with Gasteiger partial charge in [-0.2, -0.15) is 0 Å². The number of nitrogens with zero attached hydrogens (tertiary/aromatic N) is 2. The Labute approximate surface area is 190 Å². The third kappa shape index (κ3) is 5.54. The molecule has 0 aromatic heterocycles. The third-order valence-electron chi connectivity index (χ3n) is 5.04. The van der Waals surface area contributed by atoms with E-state index in [2.05, 4.69) is 29.3 Å². The highest BCUT2D eigenvalue weighted by Gasteiger charge is 2.21. The van der Waals surface area contributed by atoms with E-state index < -0.39 is 0 Å². The number of hydrogen-bond donors (Lipinski definition) is 2. The molecule has 1 heterocycles. The average molecular weight is 511 g/mol. The zero-order valence-electron chi connectivity index (χ0n) is 17.3. The first-order valence-electron chi connectivity index (χ1n) is 9.64. The summed E-state index contributed by atoms with van der Waals surface area (Å²) >= 11 is 0. The van der Waals surface area contributed by atoms with Gasteiger partial charge in [-0.15, -0.1) is 24.0 Å². The minimum atomic E-state index is 0. The molecular formula is C22H30IN3O3. The Hall–Kier alpha value is -2.00. The van der Waals surface area contributed by atoms with Crippen molar-refractivity contribution in [1.29, 1.82) is 0 Å². The molecule has 0 unspecified atom stereocenters. The number of guanidine groups is 1. The number of rotatable bonds is 6. The number of methoxy groups -OCH3 is 2. The summed E-state index contributed by atoms with van der Waals surface area (Å²) in [6.45, 7) is 5.09. The molecule has 1 aliphatic heterocycles. The fourth-order valence-electron chi connectivity index (χ4n) is 3.52. The summed E-state index contributed by atoms with van der Waals surface area (Å²) in [4.78, 5) is 7.09. The molecule has 7 heteroatoms. The standard InChI is InChI=1S/C22H29N3O3.HI/c1-4-23-22(24-13-17-7-5-6-8-18(17)15-26)25-10-9-16-11-20(27-2)21(28-3)12-19(16)14-25;/h5-8,11-12,26H,4,9-10,13-15H2,1-3H3,(H,23,24);1H. The van der Waals surface area contributed by atoms with E-state index in [0.29, 0.717) is 6.54 Å². The van der Waals surface area contributed by atoms with Crippen LogP contribution in [0.4, 0.5) is 0 Å². The van der Waals surface area contributed by atoms with Crippen LogP contribution < -0.4 is 14.8 Å². The molecule has 1 aliphatic rings. The predicted molar refractivity (Wildman–Crippen MR) is 126 cm³/mol. The summed E-state index contributed by atoms with van der Waals surface area (Å²) in [7, 11) is 3.33. The quantitative estimate of drug-likeness (QED) is 0.354. The summed E-state index contributed by atoms with van der Waals surface area (Å²) in [6.07, 6.45) is 0.924. The summed E-state index contributed by atoms with van der Waals surface area (Å²) in [6, 6.07) is 12.0. The van der Waals surface area contributed by atoms with Gasteiger partial charge in [0, 0.05) is 19.6 Å². The first-order valence-corrected chi connectivity index (χ1v) is 9.64. The predicted octanol–water partition coefficient (Wildman–Crippen LogP) is 3.34. The molecule has 0 saturated heterocycles. The van der Waals surface area contributed by atoms with Gasteiger partial charge in [0.15, 0.2) is 17.5 Å². The van der Waals surface area contributed by atoms with Crippen LogP contribution in [0.2, 0.25) is 0 Å². The monoisotopic (exact) mass is 511 g/mol. The Bertz CT molecular complexity index is 842. The molecule has 0 fully saturated rings. The molecule has 0 aliphatic carbocycles. The van der Waals surface area contributed by atoms with Crippen LogP contribution in [0.15, 0.2) is 41.4 Å². The summed E-state index contributed by atoms with van der Waals surface area (Å²) < 4.78 is 10.9. The second kappa shape index (κ2) is 11.3. The van der Waals surface area contributed by atoms with Gasteiger partial charge in [0.2, 0.25) is 0 Å². The van der Waals surface area contributed by atoms with Gasteiger partial charge in [-0.1, -0.05) is 24.3 Å². The maximum atomic E-state index is 9.54. The number of aliphatic hydroxyl groups is 1. The van der Waals surface area contributed by atoms with Crippen molar-refractivity contribution in [1.82, 2.24) is 10.2 Å². The summed E-state index contributed by atoms with van der Waals surface area (Å²) in [5.74, 6) is 2.41. The Balaban J connectivity index is 0.00000300. The second-order valence-electron chi connectivity index (χ2n) is 6.74. The Kier molecular flexibility index (Phi) is 9.03. The number of ether oxygens (including phenoxy) is 2. The van der Waals surface area contributed by atoms with Crippen LogP contribution in [0.5, 0.6) is 11.5 Å². The molecule has 158 valence electrons. The van der Waals surface area contributed by atoms with Crippen molar-refractivity contribution < 1.29 is 14.6 Å². The third-order valence-corrected chi connectivity index (χ3v) is 5.04. The summed E-state index contributed by atoms with van der Waals surface area (Å²) in [5, 5.41) is 12.9. The van der Waals surface area contributed by atoms with Gasteiger partial charge in [-0.3, -0.25) is 0 Å². The molecule has 2 N–H and O–H groups in total. The maximum Gasteiger partial charge on any atom is 0.194 e. The highest BCUT2D eigenvalue weighted by Crippen LogP contribution is 2.33. The molecule has 0 atom stereocenters. The van der Waals surface area contributed by atoms with Gasteiger partial charge < -0.3 is 24.8 Å². The molecule has 2 aromatic carbocycles. The van der Waals surface area contributed by atoms with Crippen LogP contribution >= 0.6 is 24.0 Å². The number of nitrogens with one attached hydrogen (secondary N) is 1. The van der Waals surface area contributed by atoms with Gasteiger partial charge in [-0.05, 0) is 47.7 Å². The highest BCUT2D eigenvalue weighted by atomic mass is 127. The topological polar surface area (TPSA) is 66.3 Å². The number of hydrogen-bond acceptors (Lipinski definition) is 4. The van der Waals surface area contributed by atoms with Crippen molar-refractivity contribution >= 4 is 29.9 Å². The number of aliphatic hydroxyl groups excluding tert-OH is 1. The molecule has 0 bridgehead atoms. The van der Waals surface area contributed by atoms with Gasteiger partial charge >= 0.3 is 0 Å². The second-order valence-corrected chi connectivity index (χ2v) is 6.74. The lowest BCUT2D eigenvalue weighted by Crippen LogP contribution is -2.44. The minimum absolute atomic E-state index is 0. The number of benzene rings is 2. The largest absolute Gasteiger partial charge is 0.493 e. The van der Waals surface area contributed by atoms with Gasteiger partial charge in [-0.25, -0.2) is 4.99 Å². The lowest BCUT2D eigenvalue weighted by Gasteiger charge is -2.32. The Morgan fingerprint density at radius 2 is 1.76 bits per heavy atom. The lowest BCUT2D eigenvalue weighted by molar-refractivity contribution is 0.280. The zero-order valence-corrected chi connectivity index (χ0v) is 19.6. The highest BCUT2D eigenvalue weighted by molar-refractivity contribution is 14.0. The Morgan fingerprint density at radius 1 is 1.10 bits per heavy atom. The zero-order chi connectivity index (χ0) is 19.9. The van der Waals surface area contributed by atoms with Crippen LogP contribution in [0.25, 0.3) is 0 Å². The first kappa shape index (κ1) is 23.3. The molecule has 0 spiro atoms. The van der Waals surface area contributed by atoms with Crippen LogP contribution in [-0.2, 0) is 26.1 Å². The van der Waals surface area contributed by atoms with Crippen molar-refractivity contribution in [3.05, 3.63) is 58.7 Å². The molecular weight excluding hydrogens is 481 g/mol. The van der Waals surface area contributed by atoms with Gasteiger partial charge in [0.1, 0.15) is 0 Å². The molecule has 0 saturated carbocycles. The minimum Gasteiger partial charge on any atom is -0.493 e. The van der Waals surface area contributed by atoms with E-state index in [0.717, 1.165) is 54.6 Å². The Morgan fingerprint density at radius 3 is 2.38 bits per heavy atom. The molecule has 0 amide bonds. The van der Waals surface area contributed by atoms with Gasteiger partial charge in [0.25, 0.3) is 0 Å². The molecule has 0 radical (unpaired) electrons. The van der Waals surface area contributed by atoms with E-state index in [4.69, 9.17) is 14.5 Å². The average Bonchev–Trinajstić information content (AvgIpc) is 2.75. The van der Waals surface area contributed by atoms with E-state index in [1.165, 1.54) is 11.1 Å². The van der Waals surface area contributed by atoms with Crippen molar-refractivity contribution in [2.75, 3.05) is 27.3 Å². The maximum absolute atomic E-state index is 9.54. The van der Waals surface area contributed by atoms with Gasteiger partial charge in [0.05, 0.1) is 27.4 Å². The van der Waals surface area contributed by atoms with E-state index in [-0.39, 0.29) is 30.6 Å². The number of aliphatic imine (C=N–C) groups is 1. The van der Waals surface area contributed by atoms with Crippen LogP contribution in [0, 0.1) is 0 Å². The van der Waals surface area contributed by atoms with Crippen molar-refractivity contribution in [2.24, 2.45) is 4.99 Å². The summed E-state index contributed by atoms with van der Waals surface area (Å²) in [5.41, 5.74) is 4.48.